The molecule has 1 aliphatic carbocycles. The van der Waals surface area contributed by atoms with Crippen molar-refractivity contribution in [3.05, 3.63) is 59.2 Å². The highest BCUT2D eigenvalue weighted by atomic mass is 19.4. The molecule has 8 heteroatoms. The van der Waals surface area contributed by atoms with Crippen LogP contribution in [0.25, 0.3) is 0 Å². The van der Waals surface area contributed by atoms with E-state index in [0.717, 1.165) is 31.4 Å². The van der Waals surface area contributed by atoms with Crippen LogP contribution in [-0.2, 0) is 17.4 Å². The maximum atomic E-state index is 12.9. The van der Waals surface area contributed by atoms with Gasteiger partial charge < -0.3 is 5.32 Å². The van der Waals surface area contributed by atoms with E-state index in [2.05, 4.69) is 15.3 Å². The van der Waals surface area contributed by atoms with Gasteiger partial charge in [-0.3, -0.25) is 9.59 Å². The largest absolute Gasteiger partial charge is 0.416 e. The van der Waals surface area contributed by atoms with Crippen LogP contribution in [0, 0.1) is 5.92 Å². The highest BCUT2D eigenvalue weighted by Gasteiger charge is 2.31. The summed E-state index contributed by atoms with van der Waals surface area (Å²) in [6, 6.07) is 5.57. The molecule has 2 aromatic rings. The summed E-state index contributed by atoms with van der Waals surface area (Å²) >= 11 is 0. The number of amides is 1. The van der Waals surface area contributed by atoms with Gasteiger partial charge in [-0.05, 0) is 43.5 Å². The van der Waals surface area contributed by atoms with Gasteiger partial charge in [0.05, 0.1) is 18.0 Å². The van der Waals surface area contributed by atoms with Gasteiger partial charge in [-0.2, -0.15) is 13.2 Å². The molecule has 3 rings (SSSR count). The Morgan fingerprint density at radius 3 is 2.64 bits per heavy atom. The third kappa shape index (κ3) is 4.74. The molecule has 1 aromatic heterocycles. The summed E-state index contributed by atoms with van der Waals surface area (Å²) in [5.74, 6) is -0.135. The van der Waals surface area contributed by atoms with E-state index in [0.29, 0.717) is 5.56 Å². The number of halogens is 3. The zero-order valence-electron chi connectivity index (χ0n) is 15.3. The summed E-state index contributed by atoms with van der Waals surface area (Å²) in [6.45, 7) is 1.59. The van der Waals surface area contributed by atoms with E-state index in [4.69, 9.17) is 0 Å². The van der Waals surface area contributed by atoms with Crippen LogP contribution in [0.1, 0.15) is 59.7 Å². The second-order valence-corrected chi connectivity index (χ2v) is 6.95. The number of aromatic nitrogens is 2. The summed E-state index contributed by atoms with van der Waals surface area (Å²) in [7, 11) is 0. The molecule has 148 valence electrons. The van der Waals surface area contributed by atoms with E-state index in [1.54, 1.807) is 6.92 Å². The van der Waals surface area contributed by atoms with Crippen LogP contribution in [0.3, 0.4) is 0 Å². The Morgan fingerprint density at radius 1 is 1.25 bits per heavy atom. The van der Waals surface area contributed by atoms with Crippen molar-refractivity contribution in [3.63, 3.8) is 0 Å². The first kappa shape index (κ1) is 20.0. The summed E-state index contributed by atoms with van der Waals surface area (Å²) in [5.41, 5.74) is -0.368. The number of nitrogens with one attached hydrogen (secondary N) is 1. The van der Waals surface area contributed by atoms with Crippen LogP contribution in [0.5, 0.6) is 0 Å². The number of ketones is 1. The van der Waals surface area contributed by atoms with E-state index in [-0.39, 0.29) is 29.6 Å². The van der Waals surface area contributed by atoms with Crippen molar-refractivity contribution in [2.75, 3.05) is 0 Å². The topological polar surface area (TPSA) is 72.0 Å². The molecule has 1 atom stereocenters. The SMILES string of the molecule is C[C@@H](NC(=O)c1ccnc(CC(=O)C2CCC2)n1)c1cccc(C(F)(F)F)c1. The minimum absolute atomic E-state index is 0.0574. The molecule has 1 heterocycles. The lowest BCUT2D eigenvalue weighted by Gasteiger charge is -2.23. The maximum Gasteiger partial charge on any atom is 0.416 e. The van der Waals surface area contributed by atoms with Gasteiger partial charge in [0.15, 0.2) is 0 Å². The first-order valence-electron chi connectivity index (χ1n) is 9.06. The van der Waals surface area contributed by atoms with Gasteiger partial charge in [0.2, 0.25) is 0 Å². The quantitative estimate of drug-likeness (QED) is 0.811. The highest BCUT2D eigenvalue weighted by Crippen LogP contribution is 2.31. The van der Waals surface area contributed by atoms with Crippen molar-refractivity contribution in [2.24, 2.45) is 5.92 Å². The van der Waals surface area contributed by atoms with Crippen molar-refractivity contribution in [1.29, 1.82) is 0 Å². The minimum atomic E-state index is -4.45. The number of hydrogen-bond donors (Lipinski definition) is 1. The third-order valence-electron chi connectivity index (χ3n) is 4.89. The van der Waals surface area contributed by atoms with Crippen molar-refractivity contribution in [2.45, 2.75) is 44.8 Å². The van der Waals surface area contributed by atoms with Crippen LogP contribution in [-0.4, -0.2) is 21.7 Å². The fourth-order valence-electron chi connectivity index (χ4n) is 2.98. The summed E-state index contributed by atoms with van der Waals surface area (Å²) < 4.78 is 38.6. The fourth-order valence-corrected chi connectivity index (χ4v) is 2.98. The maximum absolute atomic E-state index is 12.9. The summed E-state index contributed by atoms with van der Waals surface area (Å²) in [5, 5.41) is 2.64. The lowest BCUT2D eigenvalue weighted by Crippen LogP contribution is -2.28. The van der Waals surface area contributed by atoms with E-state index in [1.165, 1.54) is 24.4 Å². The lowest BCUT2D eigenvalue weighted by molar-refractivity contribution is -0.137. The number of hydrogen-bond acceptors (Lipinski definition) is 4. The fraction of sp³-hybridized carbons (Fsp3) is 0.400. The smallest absolute Gasteiger partial charge is 0.344 e. The molecule has 0 bridgehead atoms. The van der Waals surface area contributed by atoms with Crippen molar-refractivity contribution in [1.82, 2.24) is 15.3 Å². The number of carbonyl (C=O) groups is 2. The molecule has 0 saturated heterocycles. The Kier molecular flexibility index (Phi) is 5.76. The van der Waals surface area contributed by atoms with E-state index < -0.39 is 23.7 Å². The molecule has 1 aromatic carbocycles. The van der Waals surface area contributed by atoms with Gasteiger partial charge in [-0.1, -0.05) is 18.6 Å². The average molecular weight is 391 g/mol. The number of Topliss-reactive ketones (excluding diaryl/α,β-unsaturated/α-hetero) is 1. The van der Waals surface area contributed by atoms with E-state index >= 15 is 0 Å². The molecular weight excluding hydrogens is 371 g/mol. The van der Waals surface area contributed by atoms with Crippen LogP contribution >= 0.6 is 0 Å². The zero-order valence-corrected chi connectivity index (χ0v) is 15.3. The van der Waals surface area contributed by atoms with Crippen LogP contribution in [0.2, 0.25) is 0 Å². The monoisotopic (exact) mass is 391 g/mol. The Balaban J connectivity index is 1.67. The first-order valence-corrected chi connectivity index (χ1v) is 9.06. The Labute approximate surface area is 160 Å². The predicted molar refractivity (Wildman–Crippen MR) is 95.4 cm³/mol. The number of alkyl halides is 3. The van der Waals surface area contributed by atoms with Crippen molar-refractivity contribution in [3.8, 4) is 0 Å². The normalized spacial score (nSPS) is 15.6. The lowest BCUT2D eigenvalue weighted by atomic mass is 9.81. The molecule has 1 fully saturated rings. The van der Waals surface area contributed by atoms with Gasteiger partial charge in [-0.15, -0.1) is 0 Å². The van der Waals surface area contributed by atoms with Crippen LogP contribution in [0.4, 0.5) is 13.2 Å². The second kappa shape index (κ2) is 8.08. The summed E-state index contributed by atoms with van der Waals surface area (Å²) in [4.78, 5) is 32.7. The predicted octanol–water partition coefficient (Wildman–Crippen LogP) is 3.90. The number of carbonyl (C=O) groups excluding carboxylic acids is 2. The Morgan fingerprint density at radius 2 is 2.00 bits per heavy atom. The van der Waals surface area contributed by atoms with Gasteiger partial charge in [0.25, 0.3) is 5.91 Å². The highest BCUT2D eigenvalue weighted by molar-refractivity contribution is 5.92. The van der Waals surface area contributed by atoms with Gasteiger partial charge >= 0.3 is 6.18 Å². The van der Waals surface area contributed by atoms with E-state index in [1.807, 2.05) is 0 Å². The number of benzene rings is 1. The Hall–Kier alpha value is -2.77. The van der Waals surface area contributed by atoms with Crippen LogP contribution in [0.15, 0.2) is 36.5 Å². The zero-order chi connectivity index (χ0) is 20.3. The van der Waals surface area contributed by atoms with Crippen molar-refractivity contribution < 1.29 is 22.8 Å². The van der Waals surface area contributed by atoms with Gasteiger partial charge in [0, 0.05) is 12.1 Å². The molecule has 1 amide bonds. The van der Waals surface area contributed by atoms with Crippen molar-refractivity contribution >= 4 is 11.7 Å². The standard InChI is InChI=1S/C20H20F3N3O2/c1-12(14-6-3-7-15(10-14)20(21,22)23)25-19(28)16-8-9-24-18(26-16)11-17(27)13-4-2-5-13/h3,6-10,12-13H,2,4-5,11H2,1H3,(H,25,28)/t12-/m1/s1. The van der Waals surface area contributed by atoms with Gasteiger partial charge in [-0.25, -0.2) is 9.97 Å². The molecule has 1 saturated carbocycles. The number of nitrogens with zero attached hydrogens (tertiary/aromatic N) is 2. The van der Waals surface area contributed by atoms with E-state index in [9.17, 15) is 22.8 Å². The molecule has 0 radical (unpaired) electrons. The molecule has 1 aliphatic rings. The molecule has 0 spiro atoms. The molecule has 0 unspecified atom stereocenters. The average Bonchev–Trinajstić information content (AvgIpc) is 2.59. The summed E-state index contributed by atoms with van der Waals surface area (Å²) in [6.07, 6.45) is -0.155. The molecular formula is C20H20F3N3O2. The minimum Gasteiger partial charge on any atom is -0.344 e. The number of rotatable bonds is 6. The third-order valence-corrected chi connectivity index (χ3v) is 4.89. The first-order chi connectivity index (χ1) is 13.2. The van der Waals surface area contributed by atoms with Gasteiger partial charge in [0.1, 0.15) is 17.3 Å². The molecule has 28 heavy (non-hydrogen) atoms. The molecule has 1 N–H and O–H groups in total. The molecule has 0 aliphatic heterocycles. The second-order valence-electron chi connectivity index (χ2n) is 6.95. The Bertz CT molecular complexity index is 879. The van der Waals surface area contributed by atoms with Crippen LogP contribution < -0.4 is 5.32 Å². The molecule has 5 nitrogen and oxygen atoms in total.